The zero-order valence-corrected chi connectivity index (χ0v) is 13.7. The highest BCUT2D eigenvalue weighted by Crippen LogP contribution is 2.31. The Morgan fingerprint density at radius 1 is 1.04 bits per heavy atom. The number of ether oxygens (including phenoxy) is 1. The average Bonchev–Trinajstić information content (AvgIpc) is 2.44. The zero-order chi connectivity index (χ0) is 18.0. The molecule has 1 aromatic carbocycles. The molecule has 1 heterocycles. The maximum absolute atomic E-state index is 13.9. The predicted octanol–water partition coefficient (Wildman–Crippen LogP) is 5.41. The highest BCUT2D eigenvalue weighted by atomic mass is 19.4. The van der Waals surface area contributed by atoms with E-state index in [1.54, 1.807) is 12.3 Å². The van der Waals surface area contributed by atoms with Crippen molar-refractivity contribution in [2.75, 3.05) is 0 Å². The van der Waals surface area contributed by atoms with Crippen molar-refractivity contribution in [3.8, 4) is 5.88 Å². The lowest BCUT2D eigenvalue weighted by Gasteiger charge is -2.19. The fourth-order valence-electron chi connectivity index (χ4n) is 2.25. The van der Waals surface area contributed by atoms with Crippen molar-refractivity contribution in [3.05, 3.63) is 59.0 Å². The van der Waals surface area contributed by atoms with Crippen LogP contribution in [0.5, 0.6) is 5.88 Å². The number of rotatable bonds is 4. The molecule has 0 amide bonds. The first-order valence-electron chi connectivity index (χ1n) is 7.48. The molecule has 0 atom stereocenters. The minimum atomic E-state index is -4.57. The summed E-state index contributed by atoms with van der Waals surface area (Å²) in [6.07, 6.45) is -2.29. The van der Waals surface area contributed by atoms with Crippen molar-refractivity contribution in [2.24, 2.45) is 5.41 Å². The minimum Gasteiger partial charge on any atom is -0.472 e. The second-order valence-electron chi connectivity index (χ2n) is 6.80. The second-order valence-corrected chi connectivity index (χ2v) is 6.80. The maximum atomic E-state index is 13.9. The monoisotopic (exact) mass is 341 g/mol. The van der Waals surface area contributed by atoms with Crippen molar-refractivity contribution >= 4 is 0 Å². The molecule has 2 nitrogen and oxygen atoms in total. The molecule has 24 heavy (non-hydrogen) atoms. The molecule has 0 bridgehead atoms. The highest BCUT2D eigenvalue weighted by molar-refractivity contribution is 5.29. The van der Waals surface area contributed by atoms with Crippen LogP contribution in [0.3, 0.4) is 0 Å². The third-order valence-electron chi connectivity index (χ3n) is 3.32. The summed E-state index contributed by atoms with van der Waals surface area (Å²) in [4.78, 5) is 4.14. The van der Waals surface area contributed by atoms with Crippen LogP contribution in [0.25, 0.3) is 0 Å². The van der Waals surface area contributed by atoms with Crippen molar-refractivity contribution < 1.29 is 22.3 Å². The fraction of sp³-hybridized carbons (Fsp3) is 0.389. The fourth-order valence-corrected chi connectivity index (χ4v) is 2.25. The first kappa shape index (κ1) is 18.2. The Morgan fingerprint density at radius 3 is 2.33 bits per heavy atom. The van der Waals surface area contributed by atoms with E-state index in [1.165, 1.54) is 0 Å². The Labute approximate surface area is 138 Å². The second kappa shape index (κ2) is 6.79. The van der Waals surface area contributed by atoms with Crippen LogP contribution in [0.4, 0.5) is 17.6 Å². The molecule has 2 aromatic rings. The number of alkyl halides is 3. The molecule has 6 heteroatoms. The number of halogens is 4. The summed E-state index contributed by atoms with van der Waals surface area (Å²) in [5.41, 5.74) is -0.0801. The van der Waals surface area contributed by atoms with Crippen LogP contribution in [-0.2, 0) is 19.2 Å². The number of hydrogen-bond donors (Lipinski definition) is 0. The van der Waals surface area contributed by atoms with Gasteiger partial charge in [-0.05, 0) is 30.0 Å². The van der Waals surface area contributed by atoms with Crippen molar-refractivity contribution in [1.82, 2.24) is 4.98 Å². The minimum absolute atomic E-state index is 0.0146. The molecule has 0 saturated heterocycles. The van der Waals surface area contributed by atoms with Crippen LogP contribution in [0, 0.1) is 11.2 Å². The van der Waals surface area contributed by atoms with Gasteiger partial charge in [-0.3, -0.25) is 0 Å². The largest absolute Gasteiger partial charge is 0.472 e. The molecule has 1 aromatic heterocycles. The topological polar surface area (TPSA) is 22.1 Å². The SMILES string of the molecule is CC(C)(C)Cc1cccnc1OCc1ccc(C(F)(F)F)cc1F. The number of pyridine rings is 1. The van der Waals surface area contributed by atoms with Crippen LogP contribution in [0.15, 0.2) is 36.5 Å². The van der Waals surface area contributed by atoms with Crippen LogP contribution in [-0.4, -0.2) is 4.98 Å². The lowest BCUT2D eigenvalue weighted by Crippen LogP contribution is -2.12. The van der Waals surface area contributed by atoms with E-state index in [0.29, 0.717) is 18.4 Å². The van der Waals surface area contributed by atoms with Gasteiger partial charge in [0, 0.05) is 17.3 Å². The van der Waals surface area contributed by atoms with Gasteiger partial charge in [-0.25, -0.2) is 9.37 Å². The van der Waals surface area contributed by atoms with E-state index in [0.717, 1.165) is 17.7 Å². The van der Waals surface area contributed by atoms with E-state index in [9.17, 15) is 17.6 Å². The summed E-state index contributed by atoms with van der Waals surface area (Å²) in [7, 11) is 0. The summed E-state index contributed by atoms with van der Waals surface area (Å²) >= 11 is 0. The summed E-state index contributed by atoms with van der Waals surface area (Å²) in [5, 5.41) is 0. The smallest absolute Gasteiger partial charge is 0.416 e. The van der Waals surface area contributed by atoms with E-state index in [-0.39, 0.29) is 17.6 Å². The zero-order valence-electron chi connectivity index (χ0n) is 13.7. The molecule has 0 aliphatic rings. The van der Waals surface area contributed by atoms with Gasteiger partial charge in [0.05, 0.1) is 5.56 Å². The van der Waals surface area contributed by atoms with Crippen molar-refractivity contribution in [3.63, 3.8) is 0 Å². The average molecular weight is 341 g/mol. The van der Waals surface area contributed by atoms with Gasteiger partial charge in [0.25, 0.3) is 0 Å². The normalized spacial score (nSPS) is 12.3. The number of nitrogens with zero attached hydrogens (tertiary/aromatic N) is 1. The third-order valence-corrected chi connectivity index (χ3v) is 3.32. The van der Waals surface area contributed by atoms with Crippen molar-refractivity contribution in [2.45, 2.75) is 40.0 Å². The molecule has 130 valence electrons. The van der Waals surface area contributed by atoms with E-state index in [1.807, 2.05) is 6.07 Å². The van der Waals surface area contributed by atoms with E-state index >= 15 is 0 Å². The lowest BCUT2D eigenvalue weighted by atomic mass is 9.88. The summed E-state index contributed by atoms with van der Waals surface area (Å²) in [6, 6.07) is 6.07. The Balaban J connectivity index is 2.15. The Morgan fingerprint density at radius 2 is 1.75 bits per heavy atom. The van der Waals surface area contributed by atoms with Gasteiger partial charge < -0.3 is 4.74 Å². The molecular formula is C18H19F4NO. The van der Waals surface area contributed by atoms with Gasteiger partial charge in [-0.2, -0.15) is 13.2 Å². The Kier molecular flexibility index (Phi) is 5.16. The van der Waals surface area contributed by atoms with Gasteiger partial charge in [0.1, 0.15) is 12.4 Å². The van der Waals surface area contributed by atoms with Crippen LogP contribution >= 0.6 is 0 Å². The van der Waals surface area contributed by atoms with Gasteiger partial charge in [0.2, 0.25) is 5.88 Å². The maximum Gasteiger partial charge on any atom is 0.416 e. The summed E-state index contributed by atoms with van der Waals surface area (Å²) in [5.74, 6) is -0.579. The Bertz CT molecular complexity index is 705. The molecule has 0 radical (unpaired) electrons. The van der Waals surface area contributed by atoms with E-state index in [4.69, 9.17) is 4.74 Å². The highest BCUT2D eigenvalue weighted by Gasteiger charge is 2.31. The number of aromatic nitrogens is 1. The van der Waals surface area contributed by atoms with Crippen LogP contribution in [0.2, 0.25) is 0 Å². The van der Waals surface area contributed by atoms with E-state index in [2.05, 4.69) is 25.8 Å². The summed E-state index contributed by atoms with van der Waals surface area (Å²) in [6.45, 7) is 6.02. The van der Waals surface area contributed by atoms with Crippen LogP contribution in [0.1, 0.15) is 37.5 Å². The quantitative estimate of drug-likeness (QED) is 0.694. The van der Waals surface area contributed by atoms with Gasteiger partial charge >= 0.3 is 6.18 Å². The molecular weight excluding hydrogens is 322 g/mol. The molecule has 0 spiro atoms. The lowest BCUT2D eigenvalue weighted by molar-refractivity contribution is -0.137. The molecule has 0 aliphatic heterocycles. The standard InChI is InChI=1S/C18H19F4NO/c1-17(2,3)10-12-5-4-8-23-16(12)24-11-13-6-7-14(9-15(13)19)18(20,21)22/h4-9H,10-11H2,1-3H3. The van der Waals surface area contributed by atoms with Gasteiger partial charge in [-0.1, -0.05) is 32.9 Å². The van der Waals surface area contributed by atoms with Gasteiger partial charge in [-0.15, -0.1) is 0 Å². The van der Waals surface area contributed by atoms with Crippen LogP contribution < -0.4 is 4.74 Å². The number of benzene rings is 1. The first-order valence-corrected chi connectivity index (χ1v) is 7.48. The third kappa shape index (κ3) is 4.94. The number of hydrogen-bond acceptors (Lipinski definition) is 2. The molecule has 0 saturated carbocycles. The summed E-state index contributed by atoms with van der Waals surface area (Å²) < 4.78 is 57.1. The van der Waals surface area contributed by atoms with E-state index < -0.39 is 17.6 Å². The Hall–Kier alpha value is -2.11. The molecule has 2 rings (SSSR count). The first-order chi connectivity index (χ1) is 11.1. The molecule has 0 N–H and O–H groups in total. The van der Waals surface area contributed by atoms with Gasteiger partial charge in [0.15, 0.2) is 0 Å². The molecule has 0 unspecified atom stereocenters. The van der Waals surface area contributed by atoms with Crippen molar-refractivity contribution in [1.29, 1.82) is 0 Å². The molecule has 0 aliphatic carbocycles. The predicted molar refractivity (Wildman–Crippen MR) is 83.1 cm³/mol. The molecule has 0 fully saturated rings.